The van der Waals surface area contributed by atoms with Crippen LogP contribution >= 0.6 is 11.6 Å². The van der Waals surface area contributed by atoms with Crippen LogP contribution in [0.2, 0.25) is 5.02 Å². The van der Waals surface area contributed by atoms with Crippen molar-refractivity contribution in [1.82, 2.24) is 9.80 Å². The topological polar surface area (TPSA) is 115 Å². The third-order valence-corrected chi connectivity index (χ3v) is 11.1. The van der Waals surface area contributed by atoms with Gasteiger partial charge in [0.05, 0.1) is 40.2 Å². The second kappa shape index (κ2) is 12.9. The predicted molar refractivity (Wildman–Crippen MR) is 184 cm³/mol. The van der Waals surface area contributed by atoms with E-state index in [0.29, 0.717) is 11.5 Å². The van der Waals surface area contributed by atoms with E-state index < -0.39 is 27.5 Å². The number of carbonyl (C=O) groups is 2. The molecule has 0 aromatic heterocycles. The lowest BCUT2D eigenvalue weighted by molar-refractivity contribution is -0.141. The molecule has 0 N–H and O–H groups in total. The van der Waals surface area contributed by atoms with E-state index in [1.807, 2.05) is 24.3 Å². The Morgan fingerprint density at radius 3 is 2.20 bits per heavy atom. The quantitative estimate of drug-likeness (QED) is 0.241. The molecule has 1 unspecified atom stereocenters. The molecule has 2 amide bonds. The minimum Gasteiger partial charge on any atom is -0.497 e. The highest BCUT2D eigenvalue weighted by Gasteiger charge is 2.63. The average Bonchev–Trinajstić information content (AvgIpc) is 3.37. The van der Waals surface area contributed by atoms with E-state index in [0.717, 1.165) is 15.4 Å². The lowest BCUT2D eigenvalue weighted by Gasteiger charge is -2.47. The Balaban J connectivity index is 1.73. The van der Waals surface area contributed by atoms with E-state index in [9.17, 15) is 13.2 Å². The van der Waals surface area contributed by atoms with Gasteiger partial charge in [-0.25, -0.2) is 12.7 Å². The first kappa shape index (κ1) is 34.1. The Hall–Kier alpha value is -4.78. The first-order valence-electron chi connectivity index (χ1n) is 15.3. The third-order valence-electron chi connectivity index (χ3n) is 9.15. The van der Waals surface area contributed by atoms with Crippen molar-refractivity contribution in [2.24, 2.45) is 0 Å². The Bertz CT molecular complexity index is 2070. The largest absolute Gasteiger partial charge is 0.497 e. The van der Waals surface area contributed by atoms with Crippen LogP contribution in [0.5, 0.6) is 23.0 Å². The van der Waals surface area contributed by atoms with Gasteiger partial charge in [0.15, 0.2) is 17.0 Å². The minimum atomic E-state index is -4.68. The molecule has 2 atom stereocenters. The predicted octanol–water partition coefficient (Wildman–Crippen LogP) is 4.87. The molecule has 13 heteroatoms. The highest BCUT2D eigenvalue weighted by atomic mass is 35.5. The monoisotopic (exact) mass is 705 g/mol. The molecule has 0 fully saturated rings. The Morgan fingerprint density at radius 1 is 0.837 bits per heavy atom. The van der Waals surface area contributed by atoms with E-state index >= 15 is 4.79 Å². The summed E-state index contributed by atoms with van der Waals surface area (Å²) in [7, 11) is 4.31. The van der Waals surface area contributed by atoms with Crippen LogP contribution in [-0.4, -0.2) is 78.6 Å². The van der Waals surface area contributed by atoms with Crippen LogP contribution in [0.1, 0.15) is 22.3 Å². The van der Waals surface area contributed by atoms with Gasteiger partial charge in [0, 0.05) is 42.9 Å². The molecule has 0 aliphatic carbocycles. The van der Waals surface area contributed by atoms with Crippen LogP contribution in [0.3, 0.4) is 0 Å². The van der Waals surface area contributed by atoms with Gasteiger partial charge in [-0.05, 0) is 53.9 Å². The summed E-state index contributed by atoms with van der Waals surface area (Å²) in [5.74, 6) is -0.285. The van der Waals surface area contributed by atoms with Crippen LogP contribution < -0.4 is 23.3 Å². The molecule has 6 rings (SSSR count). The molecule has 0 spiro atoms. The summed E-state index contributed by atoms with van der Waals surface area (Å²) < 4.78 is 52.9. The maximum Gasteiger partial charge on any atom is 0.274 e. The van der Waals surface area contributed by atoms with E-state index in [4.69, 9.17) is 30.5 Å². The van der Waals surface area contributed by atoms with Gasteiger partial charge < -0.3 is 23.8 Å². The second-order valence-electron chi connectivity index (χ2n) is 11.9. The van der Waals surface area contributed by atoms with Crippen LogP contribution in [0, 0.1) is 0 Å². The van der Waals surface area contributed by atoms with Crippen molar-refractivity contribution in [1.29, 1.82) is 0 Å². The molecule has 2 aliphatic rings. The van der Waals surface area contributed by atoms with Gasteiger partial charge in [-0.2, -0.15) is 0 Å². The van der Waals surface area contributed by atoms with E-state index in [-0.39, 0.29) is 57.1 Å². The number of rotatable bonds is 9. The summed E-state index contributed by atoms with van der Waals surface area (Å²) in [6.07, 6.45) is 0.253. The SMILES string of the molecule is COc1ccc(S(=O)(=O)N2C(=O)C(c3cccc(OC)c3OC)(N3Cc4ccccc4C[C@H]3C(=O)N(C)C)c3cc(Cl)ccc32)c(OC)c1. The normalized spacial score (nSPS) is 18.8. The van der Waals surface area contributed by atoms with Gasteiger partial charge in [-0.3, -0.25) is 14.5 Å². The Kier molecular flexibility index (Phi) is 8.99. The number of methoxy groups -OCH3 is 4. The van der Waals surface area contributed by atoms with Gasteiger partial charge >= 0.3 is 0 Å². The summed E-state index contributed by atoms with van der Waals surface area (Å²) >= 11 is 6.68. The highest BCUT2D eigenvalue weighted by Crippen LogP contribution is 2.56. The number of likely N-dealkylation sites (N-methyl/N-ethyl adjacent to an activating group) is 1. The standard InChI is InChI=1S/C36H36ClN3O8S/c1-38(2)34(41)29-18-22-10-7-8-11-23(22)21-39(29)36(26-12-9-13-30(46-4)33(26)48-6)27-19-24(37)14-16-28(27)40(35(36)42)49(43,44)32-17-15-25(45-3)20-31(32)47-5/h7-17,19-20,29H,18,21H2,1-6H3/t29-,36?/m0/s1. The molecule has 0 bridgehead atoms. The molecule has 2 heterocycles. The molecule has 4 aromatic carbocycles. The molecule has 0 saturated carbocycles. The summed E-state index contributed by atoms with van der Waals surface area (Å²) in [5.41, 5.74) is 0.447. The van der Waals surface area contributed by atoms with Crippen LogP contribution in [-0.2, 0) is 38.1 Å². The lowest BCUT2D eigenvalue weighted by Crippen LogP contribution is -2.62. The first-order valence-corrected chi connectivity index (χ1v) is 17.1. The summed E-state index contributed by atoms with van der Waals surface area (Å²) in [6, 6.07) is 20.7. The number of amides is 2. The maximum atomic E-state index is 15.7. The van der Waals surface area contributed by atoms with Crippen molar-refractivity contribution in [2.75, 3.05) is 46.8 Å². The summed E-state index contributed by atoms with van der Waals surface area (Å²) in [6.45, 7) is 0.109. The fourth-order valence-electron chi connectivity index (χ4n) is 6.93. The van der Waals surface area contributed by atoms with E-state index in [2.05, 4.69) is 0 Å². The highest BCUT2D eigenvalue weighted by molar-refractivity contribution is 7.93. The van der Waals surface area contributed by atoms with Crippen molar-refractivity contribution in [3.8, 4) is 23.0 Å². The summed E-state index contributed by atoms with van der Waals surface area (Å²) in [5, 5.41) is 0.256. The molecule has 0 saturated heterocycles. The first-order chi connectivity index (χ1) is 23.4. The number of hydrogen-bond acceptors (Lipinski definition) is 9. The van der Waals surface area contributed by atoms with Crippen molar-refractivity contribution in [3.63, 3.8) is 0 Å². The molecule has 0 radical (unpaired) electrons. The van der Waals surface area contributed by atoms with Gasteiger partial charge in [-0.15, -0.1) is 0 Å². The number of anilines is 1. The number of ether oxygens (including phenoxy) is 4. The van der Waals surface area contributed by atoms with Gasteiger partial charge in [0.2, 0.25) is 5.91 Å². The zero-order chi connectivity index (χ0) is 35.2. The number of halogens is 1. The number of carbonyl (C=O) groups excluding carboxylic acids is 2. The molecule has 2 aliphatic heterocycles. The van der Waals surface area contributed by atoms with Gasteiger partial charge in [0.25, 0.3) is 15.9 Å². The molecule has 11 nitrogen and oxygen atoms in total. The van der Waals surface area contributed by atoms with Crippen molar-refractivity contribution in [3.05, 3.63) is 106 Å². The Morgan fingerprint density at radius 2 is 1.55 bits per heavy atom. The number of fused-ring (bicyclic) bond motifs is 2. The average molecular weight is 706 g/mol. The molecular formula is C36H36ClN3O8S. The van der Waals surface area contributed by atoms with Crippen molar-refractivity contribution < 1.29 is 37.0 Å². The fraction of sp³-hybridized carbons (Fsp3) is 0.278. The number of nitrogens with zero attached hydrogens (tertiary/aromatic N) is 3. The van der Waals surface area contributed by atoms with E-state index in [1.165, 1.54) is 63.7 Å². The number of sulfonamides is 1. The molecule has 49 heavy (non-hydrogen) atoms. The molecule has 256 valence electrons. The summed E-state index contributed by atoms with van der Waals surface area (Å²) in [4.78, 5) is 32.9. The van der Waals surface area contributed by atoms with E-state index in [1.54, 1.807) is 43.3 Å². The van der Waals surface area contributed by atoms with Gasteiger partial charge in [0.1, 0.15) is 16.4 Å². The van der Waals surface area contributed by atoms with Crippen LogP contribution in [0.25, 0.3) is 0 Å². The number of benzene rings is 4. The lowest BCUT2D eigenvalue weighted by atomic mass is 9.77. The van der Waals surface area contributed by atoms with Crippen molar-refractivity contribution in [2.45, 2.75) is 29.4 Å². The maximum absolute atomic E-state index is 15.7. The molecular weight excluding hydrogens is 670 g/mol. The number of para-hydroxylation sites is 1. The zero-order valence-electron chi connectivity index (χ0n) is 27.9. The van der Waals surface area contributed by atoms with Gasteiger partial charge in [-0.1, -0.05) is 48.0 Å². The number of hydrogen-bond donors (Lipinski definition) is 0. The second-order valence-corrected chi connectivity index (χ2v) is 14.0. The zero-order valence-corrected chi connectivity index (χ0v) is 29.5. The Labute approximate surface area is 290 Å². The third kappa shape index (κ3) is 5.25. The van der Waals surface area contributed by atoms with Crippen molar-refractivity contribution >= 4 is 39.1 Å². The smallest absolute Gasteiger partial charge is 0.274 e. The fourth-order valence-corrected chi connectivity index (χ4v) is 8.70. The van der Waals surface area contributed by atoms with Crippen LogP contribution in [0.4, 0.5) is 5.69 Å². The molecule has 4 aromatic rings. The minimum absolute atomic E-state index is 0.0216. The van der Waals surface area contributed by atoms with Crippen LogP contribution in [0.15, 0.2) is 83.8 Å².